The summed E-state index contributed by atoms with van der Waals surface area (Å²) in [5, 5.41) is 13.5. The minimum Gasteiger partial charge on any atom is -0.497 e. The second-order valence-corrected chi connectivity index (χ2v) is 9.08. The molecule has 0 aliphatic carbocycles. The Labute approximate surface area is 196 Å². The van der Waals surface area contributed by atoms with Crippen LogP contribution in [-0.2, 0) is 14.8 Å². The van der Waals surface area contributed by atoms with Gasteiger partial charge in [-0.25, -0.2) is 8.42 Å². The van der Waals surface area contributed by atoms with Crippen molar-refractivity contribution in [2.45, 2.75) is 11.8 Å². The highest BCUT2D eigenvalue weighted by Gasteiger charge is 2.30. The summed E-state index contributed by atoms with van der Waals surface area (Å²) >= 11 is 0. The summed E-state index contributed by atoms with van der Waals surface area (Å²) in [5.41, 5.74) is 0.946. The van der Waals surface area contributed by atoms with Crippen molar-refractivity contribution in [3.05, 3.63) is 82.4 Å². The molecule has 0 heterocycles. The van der Waals surface area contributed by atoms with Crippen LogP contribution in [0.2, 0.25) is 0 Å². The molecule has 3 aromatic rings. The van der Waals surface area contributed by atoms with Gasteiger partial charge in [0.25, 0.3) is 15.7 Å². The molecule has 0 radical (unpaired) electrons. The number of hydrogen-bond donors (Lipinski definition) is 1. The molecule has 0 aliphatic rings. The van der Waals surface area contributed by atoms with Gasteiger partial charge in [0.2, 0.25) is 5.91 Å². The number of benzene rings is 3. The van der Waals surface area contributed by atoms with Gasteiger partial charge in [-0.15, -0.1) is 0 Å². The summed E-state index contributed by atoms with van der Waals surface area (Å²) in [6.07, 6.45) is 0. The van der Waals surface area contributed by atoms with Crippen LogP contribution in [-0.4, -0.2) is 40.0 Å². The van der Waals surface area contributed by atoms with E-state index in [4.69, 9.17) is 9.47 Å². The van der Waals surface area contributed by atoms with E-state index >= 15 is 0 Å². The number of nitro benzene ring substituents is 1. The third-order valence-corrected chi connectivity index (χ3v) is 6.67. The van der Waals surface area contributed by atoms with Crippen molar-refractivity contribution >= 4 is 33.0 Å². The van der Waals surface area contributed by atoms with Gasteiger partial charge in [0.1, 0.15) is 18.0 Å². The van der Waals surface area contributed by atoms with E-state index in [1.165, 1.54) is 62.8 Å². The molecule has 0 spiro atoms. The number of carbonyl (C=O) groups is 1. The van der Waals surface area contributed by atoms with Crippen molar-refractivity contribution in [2.75, 3.05) is 30.4 Å². The lowest BCUT2D eigenvalue weighted by molar-refractivity contribution is -0.384. The normalized spacial score (nSPS) is 10.9. The van der Waals surface area contributed by atoms with Crippen molar-refractivity contribution in [3.8, 4) is 11.5 Å². The maximum absolute atomic E-state index is 13.6. The van der Waals surface area contributed by atoms with Crippen LogP contribution in [0.1, 0.15) is 5.56 Å². The Balaban J connectivity index is 2.02. The fourth-order valence-corrected chi connectivity index (χ4v) is 4.59. The van der Waals surface area contributed by atoms with Gasteiger partial charge in [0.15, 0.2) is 0 Å². The predicted octanol–water partition coefficient (Wildman–Crippen LogP) is 3.75. The first-order valence-corrected chi connectivity index (χ1v) is 11.5. The molecule has 0 atom stereocenters. The Morgan fingerprint density at radius 3 is 2.35 bits per heavy atom. The molecule has 11 heteroatoms. The highest BCUT2D eigenvalue weighted by Crippen LogP contribution is 2.35. The zero-order chi connectivity index (χ0) is 24.9. The van der Waals surface area contributed by atoms with E-state index in [2.05, 4.69) is 5.32 Å². The van der Waals surface area contributed by atoms with Crippen LogP contribution in [0.15, 0.2) is 71.6 Å². The largest absolute Gasteiger partial charge is 0.497 e. The molecular weight excluding hydrogens is 462 g/mol. The maximum atomic E-state index is 13.6. The van der Waals surface area contributed by atoms with Crippen LogP contribution in [0.25, 0.3) is 0 Å². The first kappa shape index (κ1) is 24.5. The minimum absolute atomic E-state index is 0.0147. The zero-order valence-electron chi connectivity index (χ0n) is 18.7. The molecule has 1 amide bonds. The Hall–Kier alpha value is -4.12. The lowest BCUT2D eigenvalue weighted by Gasteiger charge is -2.26. The molecule has 0 bridgehead atoms. The fourth-order valence-electron chi connectivity index (χ4n) is 3.16. The number of nitrogens with zero attached hydrogens (tertiary/aromatic N) is 2. The SMILES string of the molecule is COc1ccc(N(CC(=O)Nc2cccc([N+](=O)[O-])c2)S(=O)(=O)c2ccc(C)cc2)c(OC)c1. The van der Waals surface area contributed by atoms with Crippen LogP contribution in [0.5, 0.6) is 11.5 Å². The van der Waals surface area contributed by atoms with Crippen molar-refractivity contribution in [1.82, 2.24) is 0 Å². The Kier molecular flexibility index (Phi) is 7.37. The second kappa shape index (κ2) is 10.2. The van der Waals surface area contributed by atoms with Gasteiger partial charge in [-0.2, -0.15) is 0 Å². The van der Waals surface area contributed by atoms with E-state index in [1.54, 1.807) is 18.2 Å². The predicted molar refractivity (Wildman–Crippen MR) is 127 cm³/mol. The number of nitro groups is 1. The summed E-state index contributed by atoms with van der Waals surface area (Å²) in [5.74, 6) is -0.0819. The average Bonchev–Trinajstić information content (AvgIpc) is 2.82. The minimum atomic E-state index is -4.19. The Morgan fingerprint density at radius 2 is 1.74 bits per heavy atom. The molecule has 3 rings (SSSR count). The fraction of sp³-hybridized carbons (Fsp3) is 0.174. The first-order chi connectivity index (χ1) is 16.1. The zero-order valence-corrected chi connectivity index (χ0v) is 19.5. The summed E-state index contributed by atoms with van der Waals surface area (Å²) in [7, 11) is -1.36. The summed E-state index contributed by atoms with van der Waals surface area (Å²) < 4.78 is 38.6. The molecular formula is C23H23N3O7S. The quantitative estimate of drug-likeness (QED) is 0.361. The summed E-state index contributed by atoms with van der Waals surface area (Å²) in [6.45, 7) is 1.22. The average molecular weight is 486 g/mol. The Bertz CT molecular complexity index is 1310. The molecule has 0 unspecified atom stereocenters. The maximum Gasteiger partial charge on any atom is 0.271 e. The third kappa shape index (κ3) is 5.44. The number of carbonyl (C=O) groups excluding carboxylic acids is 1. The number of ether oxygens (including phenoxy) is 2. The molecule has 178 valence electrons. The van der Waals surface area contributed by atoms with Crippen LogP contribution in [0, 0.1) is 17.0 Å². The van der Waals surface area contributed by atoms with Gasteiger partial charge in [0.05, 0.1) is 29.7 Å². The lowest BCUT2D eigenvalue weighted by atomic mass is 10.2. The van der Waals surface area contributed by atoms with E-state index in [-0.39, 0.29) is 27.7 Å². The van der Waals surface area contributed by atoms with Gasteiger partial charge in [-0.1, -0.05) is 23.8 Å². The van der Waals surface area contributed by atoms with Crippen LogP contribution >= 0.6 is 0 Å². The van der Waals surface area contributed by atoms with Crippen molar-refractivity contribution < 1.29 is 27.6 Å². The molecule has 1 N–H and O–H groups in total. The number of rotatable bonds is 9. The van der Waals surface area contributed by atoms with Crippen LogP contribution < -0.4 is 19.1 Å². The standard InChI is InChI=1S/C23H23N3O7S/c1-16-7-10-20(11-8-16)34(30,31)25(21-12-9-19(32-2)14-22(21)33-3)15-23(27)24-17-5-4-6-18(13-17)26(28)29/h4-14H,15H2,1-3H3,(H,24,27). The van der Waals surface area contributed by atoms with E-state index in [1.807, 2.05) is 6.92 Å². The highest BCUT2D eigenvalue weighted by atomic mass is 32.2. The molecule has 0 aromatic heterocycles. The molecule has 34 heavy (non-hydrogen) atoms. The van der Waals surface area contributed by atoms with Crippen LogP contribution in [0.4, 0.5) is 17.1 Å². The second-order valence-electron chi connectivity index (χ2n) is 7.22. The van der Waals surface area contributed by atoms with Crippen molar-refractivity contribution in [3.63, 3.8) is 0 Å². The van der Waals surface area contributed by atoms with Gasteiger partial charge in [-0.05, 0) is 37.3 Å². The summed E-state index contributed by atoms with van der Waals surface area (Å²) in [4.78, 5) is 23.3. The van der Waals surface area contributed by atoms with E-state index in [9.17, 15) is 23.3 Å². The monoisotopic (exact) mass is 485 g/mol. The number of sulfonamides is 1. The number of aryl methyl sites for hydroxylation is 1. The van der Waals surface area contributed by atoms with Crippen LogP contribution in [0.3, 0.4) is 0 Å². The van der Waals surface area contributed by atoms with Crippen molar-refractivity contribution in [2.24, 2.45) is 0 Å². The number of hydrogen-bond acceptors (Lipinski definition) is 7. The van der Waals surface area contributed by atoms with E-state index < -0.39 is 27.4 Å². The Morgan fingerprint density at radius 1 is 1.03 bits per heavy atom. The van der Waals surface area contributed by atoms with Gasteiger partial charge in [0, 0.05) is 23.9 Å². The summed E-state index contributed by atoms with van der Waals surface area (Å²) in [6, 6.07) is 16.1. The molecule has 0 saturated carbocycles. The molecule has 3 aromatic carbocycles. The number of anilines is 2. The number of nitrogens with one attached hydrogen (secondary N) is 1. The molecule has 0 saturated heterocycles. The molecule has 10 nitrogen and oxygen atoms in total. The van der Waals surface area contributed by atoms with Crippen molar-refractivity contribution in [1.29, 1.82) is 0 Å². The number of amides is 1. The van der Waals surface area contributed by atoms with Gasteiger partial charge in [-0.3, -0.25) is 19.2 Å². The van der Waals surface area contributed by atoms with E-state index in [0.717, 1.165) is 9.87 Å². The topological polar surface area (TPSA) is 128 Å². The lowest BCUT2D eigenvalue weighted by Crippen LogP contribution is -2.38. The molecule has 0 fully saturated rings. The van der Waals surface area contributed by atoms with E-state index in [0.29, 0.717) is 5.75 Å². The number of methoxy groups -OCH3 is 2. The first-order valence-electron chi connectivity index (χ1n) is 10.0. The number of non-ortho nitro benzene ring substituents is 1. The van der Waals surface area contributed by atoms with Gasteiger partial charge < -0.3 is 14.8 Å². The smallest absolute Gasteiger partial charge is 0.271 e. The highest BCUT2D eigenvalue weighted by molar-refractivity contribution is 7.92. The van der Waals surface area contributed by atoms with Gasteiger partial charge >= 0.3 is 0 Å². The molecule has 0 aliphatic heterocycles. The third-order valence-electron chi connectivity index (χ3n) is 4.89.